The van der Waals surface area contributed by atoms with E-state index in [1.165, 1.54) is 5.56 Å². The molecule has 0 aromatic heterocycles. The van der Waals surface area contributed by atoms with E-state index < -0.39 is 0 Å². The largest absolute Gasteiger partial charge is 0.398 e. The number of aryl methyl sites for hydroxylation is 1. The first-order chi connectivity index (χ1) is 8.25. The molecule has 0 saturated heterocycles. The van der Waals surface area contributed by atoms with Gasteiger partial charge in [-0.3, -0.25) is 4.72 Å². The lowest BCUT2D eigenvalue weighted by Gasteiger charge is -2.06. The third-order valence-corrected chi connectivity index (χ3v) is 3.34. The molecule has 2 aromatic carbocycles. The Morgan fingerprint density at radius 1 is 1.12 bits per heavy atom. The van der Waals surface area contributed by atoms with Crippen molar-refractivity contribution in [1.29, 1.82) is 0 Å². The highest BCUT2D eigenvalue weighted by atomic mass is 32.2. The highest BCUT2D eigenvalue weighted by Crippen LogP contribution is 2.20. The Morgan fingerprint density at radius 2 is 1.88 bits per heavy atom. The smallest absolute Gasteiger partial charge is 0.0355 e. The Labute approximate surface area is 106 Å². The van der Waals surface area contributed by atoms with E-state index in [4.69, 9.17) is 5.73 Å². The number of benzene rings is 2. The second-order valence-electron chi connectivity index (χ2n) is 3.93. The molecule has 0 saturated carbocycles. The summed E-state index contributed by atoms with van der Waals surface area (Å²) in [6, 6.07) is 16.5. The molecule has 0 aliphatic heterocycles. The van der Waals surface area contributed by atoms with Crippen molar-refractivity contribution in [2.75, 3.05) is 5.73 Å². The molecule has 3 N–H and O–H groups in total. The standard InChI is InChI=1S/C14H16N2S/c1-11-7-8-13(9-14(11)15)17-16-10-12-5-3-2-4-6-12/h2-9,16H,10,15H2,1H3. The predicted molar refractivity (Wildman–Crippen MR) is 74.7 cm³/mol. The van der Waals surface area contributed by atoms with Crippen LogP contribution in [-0.4, -0.2) is 0 Å². The molecular formula is C14H16N2S. The summed E-state index contributed by atoms with van der Waals surface area (Å²) >= 11 is 1.61. The van der Waals surface area contributed by atoms with Gasteiger partial charge in [0.2, 0.25) is 0 Å². The summed E-state index contributed by atoms with van der Waals surface area (Å²) in [4.78, 5) is 1.14. The van der Waals surface area contributed by atoms with Gasteiger partial charge in [0.15, 0.2) is 0 Å². The number of nitrogen functional groups attached to an aromatic ring is 1. The molecule has 0 spiro atoms. The summed E-state index contributed by atoms with van der Waals surface area (Å²) in [6.07, 6.45) is 0. The van der Waals surface area contributed by atoms with E-state index in [-0.39, 0.29) is 0 Å². The molecule has 2 aromatic rings. The van der Waals surface area contributed by atoms with Crippen LogP contribution in [-0.2, 0) is 6.54 Å². The molecule has 0 unspecified atom stereocenters. The van der Waals surface area contributed by atoms with Crippen molar-refractivity contribution >= 4 is 17.6 Å². The minimum Gasteiger partial charge on any atom is -0.398 e. The molecule has 0 fully saturated rings. The van der Waals surface area contributed by atoms with E-state index in [9.17, 15) is 0 Å². The monoisotopic (exact) mass is 244 g/mol. The first-order valence-electron chi connectivity index (χ1n) is 5.55. The molecule has 0 aliphatic rings. The Hall–Kier alpha value is -1.45. The third-order valence-electron chi connectivity index (χ3n) is 2.56. The second-order valence-corrected chi connectivity index (χ2v) is 4.89. The predicted octanol–water partition coefficient (Wildman–Crippen LogP) is 3.37. The van der Waals surface area contributed by atoms with Crippen LogP contribution in [0.2, 0.25) is 0 Å². The van der Waals surface area contributed by atoms with Crippen molar-refractivity contribution in [2.45, 2.75) is 18.4 Å². The van der Waals surface area contributed by atoms with Gasteiger partial charge in [0.05, 0.1) is 0 Å². The number of hydrogen-bond donors (Lipinski definition) is 2. The van der Waals surface area contributed by atoms with E-state index in [0.29, 0.717) is 0 Å². The van der Waals surface area contributed by atoms with Crippen LogP contribution in [0.1, 0.15) is 11.1 Å². The van der Waals surface area contributed by atoms with Crippen molar-refractivity contribution in [3.8, 4) is 0 Å². The molecule has 2 rings (SSSR count). The van der Waals surface area contributed by atoms with E-state index in [2.05, 4.69) is 22.9 Å². The molecule has 0 bridgehead atoms. The van der Waals surface area contributed by atoms with Crippen LogP contribution in [0.4, 0.5) is 5.69 Å². The number of rotatable bonds is 4. The molecule has 0 atom stereocenters. The fourth-order valence-corrected chi connectivity index (χ4v) is 2.21. The van der Waals surface area contributed by atoms with Crippen molar-refractivity contribution in [2.24, 2.45) is 0 Å². The van der Waals surface area contributed by atoms with Gasteiger partial charge in [-0.2, -0.15) is 0 Å². The first kappa shape index (κ1) is 12.0. The fourth-order valence-electron chi connectivity index (χ4n) is 1.48. The Morgan fingerprint density at radius 3 is 2.59 bits per heavy atom. The Bertz CT molecular complexity index is 483. The van der Waals surface area contributed by atoms with Gasteiger partial charge in [0.1, 0.15) is 0 Å². The maximum absolute atomic E-state index is 5.86. The fraction of sp³-hybridized carbons (Fsp3) is 0.143. The zero-order valence-electron chi connectivity index (χ0n) is 9.81. The van der Waals surface area contributed by atoms with Crippen molar-refractivity contribution in [3.63, 3.8) is 0 Å². The Kier molecular flexibility index (Phi) is 4.07. The van der Waals surface area contributed by atoms with Gasteiger partial charge in [-0.25, -0.2) is 0 Å². The van der Waals surface area contributed by atoms with Gasteiger partial charge in [-0.05, 0) is 42.1 Å². The van der Waals surface area contributed by atoms with Crippen LogP contribution in [0.3, 0.4) is 0 Å². The van der Waals surface area contributed by atoms with Crippen LogP contribution < -0.4 is 10.5 Å². The van der Waals surface area contributed by atoms with Gasteiger partial charge >= 0.3 is 0 Å². The van der Waals surface area contributed by atoms with E-state index in [1.54, 1.807) is 11.9 Å². The number of anilines is 1. The van der Waals surface area contributed by atoms with Gasteiger partial charge < -0.3 is 5.73 Å². The topological polar surface area (TPSA) is 38.0 Å². The Balaban J connectivity index is 1.88. The second kappa shape index (κ2) is 5.75. The molecule has 2 nitrogen and oxygen atoms in total. The van der Waals surface area contributed by atoms with Crippen LogP contribution in [0.5, 0.6) is 0 Å². The van der Waals surface area contributed by atoms with Gasteiger partial charge in [0, 0.05) is 17.1 Å². The summed E-state index contributed by atoms with van der Waals surface area (Å²) in [5, 5.41) is 0. The molecular weight excluding hydrogens is 228 g/mol. The lowest BCUT2D eigenvalue weighted by atomic mass is 10.2. The summed E-state index contributed by atoms with van der Waals surface area (Å²) in [5.74, 6) is 0. The lowest BCUT2D eigenvalue weighted by molar-refractivity contribution is 0.975. The molecule has 17 heavy (non-hydrogen) atoms. The number of nitrogens with two attached hydrogens (primary N) is 1. The van der Waals surface area contributed by atoms with Crippen LogP contribution in [0.15, 0.2) is 53.4 Å². The van der Waals surface area contributed by atoms with Gasteiger partial charge in [0.25, 0.3) is 0 Å². The molecule has 88 valence electrons. The molecule has 0 radical (unpaired) electrons. The van der Waals surface area contributed by atoms with Crippen molar-refractivity contribution in [3.05, 3.63) is 59.7 Å². The van der Waals surface area contributed by atoms with Crippen LogP contribution in [0.25, 0.3) is 0 Å². The lowest BCUT2D eigenvalue weighted by Crippen LogP contribution is -2.02. The average molecular weight is 244 g/mol. The highest BCUT2D eigenvalue weighted by Gasteiger charge is 1.98. The van der Waals surface area contributed by atoms with Crippen LogP contribution >= 0.6 is 11.9 Å². The SMILES string of the molecule is Cc1ccc(SNCc2ccccc2)cc1N. The maximum atomic E-state index is 5.86. The minimum absolute atomic E-state index is 0.844. The maximum Gasteiger partial charge on any atom is 0.0355 e. The van der Waals surface area contributed by atoms with Gasteiger partial charge in [-0.15, -0.1) is 0 Å². The summed E-state index contributed by atoms with van der Waals surface area (Å²) in [7, 11) is 0. The zero-order chi connectivity index (χ0) is 12.1. The highest BCUT2D eigenvalue weighted by molar-refractivity contribution is 7.97. The van der Waals surface area contributed by atoms with Crippen LogP contribution in [0, 0.1) is 6.92 Å². The molecule has 0 aliphatic carbocycles. The quantitative estimate of drug-likeness (QED) is 0.639. The van der Waals surface area contributed by atoms with Gasteiger partial charge in [-0.1, -0.05) is 36.4 Å². The third kappa shape index (κ3) is 3.51. The molecule has 0 heterocycles. The average Bonchev–Trinajstić information content (AvgIpc) is 2.35. The number of nitrogens with one attached hydrogen (secondary N) is 1. The summed E-state index contributed by atoms with van der Waals surface area (Å²) < 4.78 is 3.33. The normalized spacial score (nSPS) is 10.4. The van der Waals surface area contributed by atoms with E-state index in [1.807, 2.05) is 37.3 Å². The van der Waals surface area contributed by atoms with E-state index in [0.717, 1.165) is 22.7 Å². The zero-order valence-corrected chi connectivity index (χ0v) is 10.6. The summed E-state index contributed by atoms with van der Waals surface area (Å²) in [5.41, 5.74) is 9.11. The van der Waals surface area contributed by atoms with Crippen molar-refractivity contribution < 1.29 is 0 Å². The summed E-state index contributed by atoms with van der Waals surface area (Å²) in [6.45, 7) is 2.86. The van der Waals surface area contributed by atoms with Crippen molar-refractivity contribution in [1.82, 2.24) is 4.72 Å². The van der Waals surface area contributed by atoms with E-state index >= 15 is 0 Å². The first-order valence-corrected chi connectivity index (χ1v) is 6.37. The minimum atomic E-state index is 0.844. The number of hydrogen-bond acceptors (Lipinski definition) is 3. The molecule has 3 heteroatoms. The molecule has 0 amide bonds.